The molecule has 0 saturated carbocycles. The fourth-order valence-corrected chi connectivity index (χ4v) is 1.55. The maximum atomic E-state index is 11.5. The zero-order valence-corrected chi connectivity index (χ0v) is 9.62. The summed E-state index contributed by atoms with van der Waals surface area (Å²) in [6.07, 6.45) is 0.378. The summed E-state index contributed by atoms with van der Waals surface area (Å²) in [5.41, 5.74) is -0.353. The van der Waals surface area contributed by atoms with Crippen LogP contribution in [0.2, 0.25) is 0 Å². The minimum atomic E-state index is -0.353. The van der Waals surface area contributed by atoms with E-state index in [1.54, 1.807) is 0 Å². The second kappa shape index (κ2) is 4.23. The Kier molecular flexibility index (Phi) is 3.39. The molecule has 1 unspecified atom stereocenters. The third-order valence-corrected chi connectivity index (χ3v) is 2.19. The zero-order valence-electron chi connectivity index (χ0n) is 9.62. The van der Waals surface area contributed by atoms with Crippen LogP contribution in [-0.2, 0) is 9.53 Å². The lowest BCUT2D eigenvalue weighted by Gasteiger charge is -2.27. The number of likely N-dealkylation sites (tertiary alicyclic amines) is 1. The molecule has 15 heavy (non-hydrogen) atoms. The largest absolute Gasteiger partial charge is 0.473 e. The first-order valence-electron chi connectivity index (χ1n) is 5.12. The SMILES string of the molecule is C=C(OC(C)(C)C)N1CC(CO)CC1=O. The monoisotopic (exact) mass is 213 g/mol. The summed E-state index contributed by atoms with van der Waals surface area (Å²) < 4.78 is 5.51. The van der Waals surface area contributed by atoms with Crippen LogP contribution in [0.3, 0.4) is 0 Å². The summed E-state index contributed by atoms with van der Waals surface area (Å²) >= 11 is 0. The predicted octanol–water partition coefficient (Wildman–Crippen LogP) is 1.11. The lowest BCUT2D eigenvalue weighted by Crippen LogP contribution is -2.30. The first kappa shape index (κ1) is 12.0. The Hall–Kier alpha value is -1.03. The first-order chi connectivity index (χ1) is 6.83. The minimum absolute atomic E-state index is 0.0119. The van der Waals surface area contributed by atoms with Gasteiger partial charge in [-0.05, 0) is 27.4 Å². The molecule has 1 fully saturated rings. The number of aliphatic hydroxyl groups is 1. The molecule has 86 valence electrons. The zero-order chi connectivity index (χ0) is 11.6. The Morgan fingerprint density at radius 3 is 2.67 bits per heavy atom. The molecule has 4 heteroatoms. The maximum Gasteiger partial charge on any atom is 0.229 e. The average Bonchev–Trinajstić information content (AvgIpc) is 2.43. The van der Waals surface area contributed by atoms with E-state index in [4.69, 9.17) is 9.84 Å². The van der Waals surface area contributed by atoms with Crippen LogP contribution < -0.4 is 0 Å². The van der Waals surface area contributed by atoms with E-state index in [1.165, 1.54) is 4.90 Å². The molecule has 0 spiro atoms. The van der Waals surface area contributed by atoms with Gasteiger partial charge in [0, 0.05) is 25.5 Å². The highest BCUT2D eigenvalue weighted by Crippen LogP contribution is 2.24. The van der Waals surface area contributed by atoms with E-state index in [-0.39, 0.29) is 24.0 Å². The number of amides is 1. The normalized spacial score (nSPS) is 22.0. The molecule has 0 aromatic rings. The van der Waals surface area contributed by atoms with Crippen LogP contribution in [0.1, 0.15) is 27.2 Å². The van der Waals surface area contributed by atoms with Crippen molar-refractivity contribution >= 4 is 5.91 Å². The molecule has 0 aromatic heterocycles. The van der Waals surface area contributed by atoms with E-state index < -0.39 is 0 Å². The van der Waals surface area contributed by atoms with Crippen molar-refractivity contribution < 1.29 is 14.6 Å². The Morgan fingerprint density at radius 2 is 2.27 bits per heavy atom. The van der Waals surface area contributed by atoms with Gasteiger partial charge in [0.2, 0.25) is 5.91 Å². The smallest absolute Gasteiger partial charge is 0.229 e. The molecule has 1 N–H and O–H groups in total. The van der Waals surface area contributed by atoms with E-state index >= 15 is 0 Å². The van der Waals surface area contributed by atoms with E-state index in [0.717, 1.165) is 0 Å². The molecular weight excluding hydrogens is 194 g/mol. The number of aliphatic hydroxyl groups excluding tert-OH is 1. The van der Waals surface area contributed by atoms with Crippen LogP contribution in [0.15, 0.2) is 12.5 Å². The number of hydrogen-bond acceptors (Lipinski definition) is 3. The predicted molar refractivity (Wildman–Crippen MR) is 56.9 cm³/mol. The molecule has 4 nitrogen and oxygen atoms in total. The van der Waals surface area contributed by atoms with Crippen molar-refractivity contribution in [1.29, 1.82) is 0 Å². The topological polar surface area (TPSA) is 49.8 Å². The second-order valence-corrected chi connectivity index (χ2v) is 4.87. The van der Waals surface area contributed by atoms with Gasteiger partial charge >= 0.3 is 0 Å². The van der Waals surface area contributed by atoms with Gasteiger partial charge < -0.3 is 9.84 Å². The molecular formula is C11H19NO3. The molecule has 0 radical (unpaired) electrons. The van der Waals surface area contributed by atoms with Crippen LogP contribution >= 0.6 is 0 Å². The lowest BCUT2D eigenvalue weighted by molar-refractivity contribution is -0.129. The molecule has 1 aliphatic rings. The third kappa shape index (κ3) is 3.23. The number of nitrogens with zero attached hydrogens (tertiary/aromatic N) is 1. The van der Waals surface area contributed by atoms with Gasteiger partial charge in [-0.1, -0.05) is 0 Å². The van der Waals surface area contributed by atoms with E-state index in [2.05, 4.69) is 6.58 Å². The number of carbonyl (C=O) groups is 1. The highest BCUT2D eigenvalue weighted by molar-refractivity contribution is 5.80. The van der Waals surface area contributed by atoms with Crippen molar-refractivity contribution in [2.75, 3.05) is 13.2 Å². The standard InChI is InChI=1S/C11H19NO3/c1-8(15-11(2,3)4)12-6-9(7-13)5-10(12)14/h9,13H,1,5-7H2,2-4H3. The van der Waals surface area contributed by atoms with Crippen LogP contribution in [0, 0.1) is 5.92 Å². The molecule has 1 saturated heterocycles. The number of rotatable bonds is 3. The molecule has 0 aliphatic carbocycles. The Labute approximate surface area is 90.5 Å². The van der Waals surface area contributed by atoms with Crippen molar-refractivity contribution in [3.8, 4) is 0 Å². The van der Waals surface area contributed by atoms with Gasteiger partial charge in [-0.25, -0.2) is 0 Å². The van der Waals surface area contributed by atoms with Crippen molar-refractivity contribution in [2.24, 2.45) is 5.92 Å². The summed E-state index contributed by atoms with van der Waals surface area (Å²) in [5.74, 6) is 0.365. The Balaban J connectivity index is 2.58. The molecule has 1 amide bonds. The fraction of sp³-hybridized carbons (Fsp3) is 0.727. The van der Waals surface area contributed by atoms with Gasteiger partial charge in [0.05, 0.1) is 0 Å². The fourth-order valence-electron chi connectivity index (χ4n) is 1.55. The van der Waals surface area contributed by atoms with Gasteiger partial charge in [0.25, 0.3) is 0 Å². The molecule has 1 atom stereocenters. The van der Waals surface area contributed by atoms with Gasteiger partial charge in [0.15, 0.2) is 5.88 Å². The minimum Gasteiger partial charge on any atom is -0.473 e. The summed E-state index contributed by atoms with van der Waals surface area (Å²) in [6.45, 7) is 9.99. The molecule has 1 aliphatic heterocycles. The second-order valence-electron chi connectivity index (χ2n) is 4.87. The first-order valence-corrected chi connectivity index (χ1v) is 5.12. The summed E-state index contributed by atoms with van der Waals surface area (Å²) in [4.78, 5) is 13.1. The van der Waals surface area contributed by atoms with Crippen molar-refractivity contribution in [3.05, 3.63) is 12.5 Å². The third-order valence-electron chi connectivity index (χ3n) is 2.19. The van der Waals surface area contributed by atoms with Crippen LogP contribution in [0.5, 0.6) is 0 Å². The summed E-state index contributed by atoms with van der Waals surface area (Å²) in [5, 5.41) is 8.97. The number of hydrogen-bond donors (Lipinski definition) is 1. The van der Waals surface area contributed by atoms with Crippen molar-refractivity contribution in [1.82, 2.24) is 4.90 Å². The van der Waals surface area contributed by atoms with Crippen LogP contribution in [-0.4, -0.2) is 34.7 Å². The highest BCUT2D eigenvalue weighted by atomic mass is 16.5. The molecule has 1 heterocycles. The van der Waals surface area contributed by atoms with Gasteiger partial charge in [-0.15, -0.1) is 0 Å². The van der Waals surface area contributed by atoms with E-state index in [0.29, 0.717) is 18.8 Å². The highest BCUT2D eigenvalue weighted by Gasteiger charge is 2.32. The molecule has 1 rings (SSSR count). The van der Waals surface area contributed by atoms with Crippen LogP contribution in [0.25, 0.3) is 0 Å². The van der Waals surface area contributed by atoms with Crippen LogP contribution in [0.4, 0.5) is 0 Å². The van der Waals surface area contributed by atoms with Gasteiger partial charge in [0.1, 0.15) is 5.60 Å². The average molecular weight is 213 g/mol. The molecule has 0 aromatic carbocycles. The Bertz CT molecular complexity index is 267. The summed E-state index contributed by atoms with van der Waals surface area (Å²) in [6, 6.07) is 0. The van der Waals surface area contributed by atoms with E-state index in [1.807, 2.05) is 20.8 Å². The molecule has 0 bridgehead atoms. The maximum absolute atomic E-state index is 11.5. The number of carbonyl (C=O) groups excluding carboxylic acids is 1. The summed E-state index contributed by atoms with van der Waals surface area (Å²) in [7, 11) is 0. The van der Waals surface area contributed by atoms with Crippen molar-refractivity contribution in [2.45, 2.75) is 32.8 Å². The van der Waals surface area contributed by atoms with Gasteiger partial charge in [-0.3, -0.25) is 9.69 Å². The van der Waals surface area contributed by atoms with E-state index in [9.17, 15) is 4.79 Å². The number of ether oxygens (including phenoxy) is 1. The quantitative estimate of drug-likeness (QED) is 0.714. The van der Waals surface area contributed by atoms with Gasteiger partial charge in [-0.2, -0.15) is 0 Å². The van der Waals surface area contributed by atoms with Crippen molar-refractivity contribution in [3.63, 3.8) is 0 Å². The Morgan fingerprint density at radius 1 is 1.67 bits per heavy atom. The lowest BCUT2D eigenvalue weighted by atomic mass is 10.1.